The predicted octanol–water partition coefficient (Wildman–Crippen LogP) is 2.13. The molecule has 0 aromatic rings. The highest BCUT2D eigenvalue weighted by molar-refractivity contribution is 5.93. The number of ether oxygens (including phenoxy) is 1. The second-order valence-electron chi connectivity index (χ2n) is 6.50. The fourth-order valence-corrected chi connectivity index (χ4v) is 3.03. The van der Waals surface area contributed by atoms with E-state index in [1.165, 1.54) is 7.11 Å². The average Bonchev–Trinajstić information content (AvgIpc) is 3.29. The number of carbonyl (C=O) groups excluding carboxylic acids is 2. The van der Waals surface area contributed by atoms with Crippen LogP contribution in [0.25, 0.3) is 0 Å². The maximum absolute atomic E-state index is 12.2. The van der Waals surface area contributed by atoms with Gasteiger partial charge in [-0.1, -0.05) is 13.0 Å². The molecule has 0 spiro atoms. The molecule has 3 aliphatic rings. The minimum absolute atomic E-state index is 0.0532. The van der Waals surface area contributed by atoms with Gasteiger partial charge in [-0.15, -0.1) is 0 Å². The molecule has 124 valence electrons. The van der Waals surface area contributed by atoms with Crippen LogP contribution < -0.4 is 5.32 Å². The second kappa shape index (κ2) is 6.60. The molecule has 1 atom stereocenters. The number of nitrogens with zero attached hydrogens (tertiary/aromatic N) is 1. The molecule has 0 aromatic carbocycles. The third-order valence-electron chi connectivity index (χ3n) is 4.68. The van der Waals surface area contributed by atoms with Crippen molar-refractivity contribution in [3.05, 3.63) is 35.2 Å². The minimum atomic E-state index is -0.332. The van der Waals surface area contributed by atoms with Gasteiger partial charge in [-0.3, -0.25) is 4.79 Å². The van der Waals surface area contributed by atoms with Crippen molar-refractivity contribution in [2.45, 2.75) is 32.6 Å². The van der Waals surface area contributed by atoms with Crippen LogP contribution in [0.3, 0.4) is 0 Å². The number of likely N-dealkylation sites (tertiary alicyclic amines) is 1. The number of nitrogens with one attached hydrogen (secondary N) is 1. The Morgan fingerprint density at radius 2 is 1.96 bits per heavy atom. The third kappa shape index (κ3) is 3.49. The van der Waals surface area contributed by atoms with E-state index >= 15 is 0 Å². The Morgan fingerprint density at radius 1 is 1.26 bits per heavy atom. The summed E-state index contributed by atoms with van der Waals surface area (Å²) in [5.74, 6) is -0.0211. The molecule has 1 saturated heterocycles. The van der Waals surface area contributed by atoms with Crippen molar-refractivity contribution in [3.63, 3.8) is 0 Å². The largest absolute Gasteiger partial charge is 0.465 e. The Labute approximate surface area is 137 Å². The van der Waals surface area contributed by atoms with Gasteiger partial charge in [-0.05, 0) is 37.8 Å². The van der Waals surface area contributed by atoms with Crippen molar-refractivity contribution in [1.82, 2.24) is 10.2 Å². The van der Waals surface area contributed by atoms with Crippen molar-refractivity contribution in [3.8, 4) is 0 Å². The van der Waals surface area contributed by atoms with Gasteiger partial charge in [0.1, 0.15) is 0 Å². The van der Waals surface area contributed by atoms with E-state index in [0.29, 0.717) is 5.57 Å². The zero-order valence-corrected chi connectivity index (χ0v) is 13.8. The summed E-state index contributed by atoms with van der Waals surface area (Å²) in [6.45, 7) is 3.88. The molecule has 0 aromatic heterocycles. The summed E-state index contributed by atoms with van der Waals surface area (Å²) < 4.78 is 4.94. The molecule has 1 N–H and O–H groups in total. The zero-order chi connectivity index (χ0) is 16.4. The quantitative estimate of drug-likeness (QED) is 0.807. The standard InChI is InChI=1S/C18H24N2O3/c1-12-5-8-14(18(22)23-2)16(20-9-3-4-10-20)11-15(12)19-17(21)13-6-7-13/h5,8,11-13H,3-4,6-7,9-10H2,1-2H3,(H,19,21). The summed E-state index contributed by atoms with van der Waals surface area (Å²) in [5.41, 5.74) is 2.29. The molecule has 1 unspecified atom stereocenters. The number of rotatable bonds is 4. The van der Waals surface area contributed by atoms with Gasteiger partial charge in [0.15, 0.2) is 0 Å². The molecule has 3 rings (SSSR count). The normalized spacial score (nSPS) is 24.3. The van der Waals surface area contributed by atoms with Gasteiger partial charge in [0.2, 0.25) is 5.91 Å². The van der Waals surface area contributed by atoms with E-state index in [4.69, 9.17) is 4.74 Å². The van der Waals surface area contributed by atoms with Crippen LogP contribution in [-0.2, 0) is 14.3 Å². The SMILES string of the molecule is COC(=O)C1=C(N2CCCC2)C=C(NC(=O)C2CC2)C(C)C=C1. The lowest BCUT2D eigenvalue weighted by Crippen LogP contribution is -2.28. The lowest BCUT2D eigenvalue weighted by Gasteiger charge is -2.22. The van der Waals surface area contributed by atoms with E-state index in [1.807, 2.05) is 25.2 Å². The van der Waals surface area contributed by atoms with Crippen molar-refractivity contribution < 1.29 is 14.3 Å². The van der Waals surface area contributed by atoms with E-state index in [-0.39, 0.29) is 23.7 Å². The van der Waals surface area contributed by atoms with Gasteiger partial charge < -0.3 is 15.0 Å². The Hall–Kier alpha value is -2.04. The van der Waals surface area contributed by atoms with Crippen LogP contribution in [0.4, 0.5) is 0 Å². The summed E-state index contributed by atoms with van der Waals surface area (Å²) in [7, 11) is 1.40. The molecule has 1 aliphatic heterocycles. The summed E-state index contributed by atoms with van der Waals surface area (Å²) >= 11 is 0. The topological polar surface area (TPSA) is 58.6 Å². The maximum Gasteiger partial charge on any atom is 0.339 e. The molecule has 1 amide bonds. The maximum atomic E-state index is 12.2. The van der Waals surface area contributed by atoms with Gasteiger partial charge in [0.25, 0.3) is 0 Å². The van der Waals surface area contributed by atoms with Crippen LogP contribution in [0.1, 0.15) is 32.6 Å². The first-order valence-corrected chi connectivity index (χ1v) is 8.38. The molecular weight excluding hydrogens is 292 g/mol. The molecule has 2 fully saturated rings. The first-order valence-electron chi connectivity index (χ1n) is 8.38. The van der Waals surface area contributed by atoms with E-state index < -0.39 is 0 Å². The number of hydrogen-bond donors (Lipinski definition) is 1. The summed E-state index contributed by atoms with van der Waals surface area (Å²) in [5, 5.41) is 3.06. The van der Waals surface area contributed by atoms with E-state index in [0.717, 1.165) is 50.2 Å². The summed E-state index contributed by atoms with van der Waals surface area (Å²) in [4.78, 5) is 26.5. The smallest absolute Gasteiger partial charge is 0.339 e. The second-order valence-corrected chi connectivity index (χ2v) is 6.50. The minimum Gasteiger partial charge on any atom is -0.465 e. The van der Waals surface area contributed by atoms with Crippen LogP contribution in [0.2, 0.25) is 0 Å². The van der Waals surface area contributed by atoms with Crippen LogP contribution in [0, 0.1) is 11.8 Å². The Kier molecular flexibility index (Phi) is 4.55. The molecule has 1 saturated carbocycles. The van der Waals surface area contributed by atoms with Crippen molar-refractivity contribution in [1.29, 1.82) is 0 Å². The highest BCUT2D eigenvalue weighted by atomic mass is 16.5. The van der Waals surface area contributed by atoms with Crippen molar-refractivity contribution >= 4 is 11.9 Å². The van der Waals surface area contributed by atoms with Gasteiger partial charge in [-0.2, -0.15) is 0 Å². The molecule has 1 heterocycles. The fraction of sp³-hybridized carbons (Fsp3) is 0.556. The number of hydrogen-bond acceptors (Lipinski definition) is 4. The molecule has 0 bridgehead atoms. The zero-order valence-electron chi connectivity index (χ0n) is 13.8. The van der Waals surface area contributed by atoms with E-state index in [1.54, 1.807) is 0 Å². The van der Waals surface area contributed by atoms with Gasteiger partial charge in [0.05, 0.1) is 18.4 Å². The van der Waals surface area contributed by atoms with Crippen LogP contribution >= 0.6 is 0 Å². The third-order valence-corrected chi connectivity index (χ3v) is 4.68. The molecule has 5 nitrogen and oxygen atoms in total. The van der Waals surface area contributed by atoms with Gasteiger partial charge in [-0.25, -0.2) is 4.79 Å². The highest BCUT2D eigenvalue weighted by Crippen LogP contribution is 2.31. The van der Waals surface area contributed by atoms with Crippen LogP contribution in [0.15, 0.2) is 35.2 Å². The first-order chi connectivity index (χ1) is 11.1. The summed E-state index contributed by atoms with van der Waals surface area (Å²) in [6.07, 6.45) is 9.94. The van der Waals surface area contributed by atoms with E-state index in [2.05, 4.69) is 10.2 Å². The molecule has 5 heteroatoms. The van der Waals surface area contributed by atoms with Gasteiger partial charge >= 0.3 is 5.97 Å². The number of allylic oxidation sites excluding steroid dienone is 2. The molecule has 2 aliphatic carbocycles. The summed E-state index contributed by atoms with van der Waals surface area (Å²) in [6, 6.07) is 0. The Balaban J connectivity index is 1.94. The lowest BCUT2D eigenvalue weighted by molar-refractivity contribution is -0.135. The number of amides is 1. The number of carbonyl (C=O) groups is 2. The highest BCUT2D eigenvalue weighted by Gasteiger charge is 2.31. The van der Waals surface area contributed by atoms with Gasteiger partial charge in [0, 0.05) is 30.6 Å². The van der Waals surface area contributed by atoms with E-state index in [9.17, 15) is 9.59 Å². The molecular formula is C18H24N2O3. The Bertz CT molecular complexity index is 593. The predicted molar refractivity (Wildman–Crippen MR) is 87.1 cm³/mol. The van der Waals surface area contributed by atoms with Crippen LogP contribution in [-0.4, -0.2) is 37.0 Å². The average molecular weight is 316 g/mol. The fourth-order valence-electron chi connectivity index (χ4n) is 3.03. The molecule has 23 heavy (non-hydrogen) atoms. The monoisotopic (exact) mass is 316 g/mol. The molecule has 0 radical (unpaired) electrons. The number of esters is 1. The van der Waals surface area contributed by atoms with Crippen molar-refractivity contribution in [2.75, 3.05) is 20.2 Å². The van der Waals surface area contributed by atoms with Crippen LogP contribution in [0.5, 0.6) is 0 Å². The number of methoxy groups -OCH3 is 1. The Morgan fingerprint density at radius 3 is 2.57 bits per heavy atom. The van der Waals surface area contributed by atoms with Crippen molar-refractivity contribution in [2.24, 2.45) is 11.8 Å². The lowest BCUT2D eigenvalue weighted by atomic mass is 10.1. The first kappa shape index (κ1) is 15.8.